The largest absolute Gasteiger partial charge is 0.465 e. The highest BCUT2D eigenvalue weighted by Gasteiger charge is 2.47. The first-order valence-electron chi connectivity index (χ1n) is 4.86. The molecule has 1 rings (SSSR count). The predicted octanol–water partition coefficient (Wildman–Crippen LogP) is -1.09. The third-order valence-electron chi connectivity index (χ3n) is 2.70. The van der Waals surface area contributed by atoms with Crippen molar-refractivity contribution in [3.63, 3.8) is 0 Å². The summed E-state index contributed by atoms with van der Waals surface area (Å²) in [5.74, 6) is -2.37. The quantitative estimate of drug-likeness (QED) is 0.460. The van der Waals surface area contributed by atoms with Crippen molar-refractivity contribution in [3.8, 4) is 0 Å². The van der Waals surface area contributed by atoms with Gasteiger partial charge in [0.25, 0.3) is 0 Å². The minimum Gasteiger partial charge on any atom is -0.465 e. The van der Waals surface area contributed by atoms with Crippen molar-refractivity contribution in [2.45, 2.75) is 26.0 Å². The highest BCUT2D eigenvalue weighted by Crippen LogP contribution is 2.25. The van der Waals surface area contributed by atoms with Crippen molar-refractivity contribution < 1.29 is 24.6 Å². The molecule has 0 aromatic carbocycles. The summed E-state index contributed by atoms with van der Waals surface area (Å²) in [6, 6.07) is -0.521. The summed E-state index contributed by atoms with van der Waals surface area (Å²) in [7, 11) is 0. The second kappa shape index (κ2) is 4.48. The Balaban J connectivity index is 2.61. The average Bonchev–Trinajstić information content (AvgIpc) is 2.10. The number of rotatable bonds is 3. The van der Waals surface area contributed by atoms with E-state index in [4.69, 9.17) is 5.11 Å². The topological polar surface area (TPSA) is 116 Å². The lowest BCUT2D eigenvalue weighted by Crippen LogP contribution is -2.66. The van der Waals surface area contributed by atoms with E-state index in [1.165, 1.54) is 13.8 Å². The van der Waals surface area contributed by atoms with E-state index in [0.717, 1.165) is 0 Å². The Bertz CT molecular complexity index is 328. The number of carbonyl (C=O) groups excluding carboxylic acids is 2. The van der Waals surface area contributed by atoms with Crippen LogP contribution in [-0.2, 0) is 9.59 Å². The maximum atomic E-state index is 11.3. The summed E-state index contributed by atoms with van der Waals surface area (Å²) in [6.07, 6.45) is -2.30. The van der Waals surface area contributed by atoms with Gasteiger partial charge in [-0.1, -0.05) is 6.92 Å². The van der Waals surface area contributed by atoms with Gasteiger partial charge in [-0.15, -0.1) is 0 Å². The molecule has 7 nitrogen and oxygen atoms in total. The van der Waals surface area contributed by atoms with E-state index in [-0.39, 0.29) is 5.91 Å². The number of aliphatic hydroxyl groups is 1. The molecule has 1 heterocycles. The molecule has 7 heteroatoms. The number of carboxylic acid groups (broad SMARTS) is 1. The Kier molecular flexibility index (Phi) is 3.48. The fourth-order valence-electron chi connectivity index (χ4n) is 1.75. The molecule has 4 N–H and O–H groups in total. The molecule has 3 amide bonds. The number of amides is 3. The zero-order chi connectivity index (χ0) is 12.5. The van der Waals surface area contributed by atoms with Crippen LogP contribution in [-0.4, -0.2) is 40.3 Å². The van der Waals surface area contributed by atoms with E-state index >= 15 is 0 Å². The Hall–Kier alpha value is -1.63. The van der Waals surface area contributed by atoms with Gasteiger partial charge in [0.15, 0.2) is 0 Å². The first-order valence-corrected chi connectivity index (χ1v) is 4.86. The van der Waals surface area contributed by atoms with E-state index in [1.807, 2.05) is 0 Å². The summed E-state index contributed by atoms with van der Waals surface area (Å²) in [5.41, 5.74) is 0. The van der Waals surface area contributed by atoms with Crippen LogP contribution in [0, 0.1) is 11.8 Å². The molecule has 1 aliphatic heterocycles. The molecular formula is C9H14N2O5. The van der Waals surface area contributed by atoms with Crippen LogP contribution in [0.1, 0.15) is 13.8 Å². The van der Waals surface area contributed by atoms with Crippen molar-refractivity contribution in [1.29, 1.82) is 0 Å². The lowest BCUT2D eigenvalue weighted by Gasteiger charge is -2.41. The number of imide groups is 1. The second-order valence-electron chi connectivity index (χ2n) is 3.88. The van der Waals surface area contributed by atoms with E-state index in [0.29, 0.717) is 0 Å². The number of hydrogen-bond acceptors (Lipinski definition) is 4. The molecular weight excluding hydrogens is 216 g/mol. The van der Waals surface area contributed by atoms with Crippen LogP contribution < -0.4 is 10.6 Å². The summed E-state index contributed by atoms with van der Waals surface area (Å²) >= 11 is 0. The maximum Gasteiger partial charge on any atom is 0.411 e. The van der Waals surface area contributed by atoms with Crippen LogP contribution in [0.15, 0.2) is 0 Å². The van der Waals surface area contributed by atoms with Crippen molar-refractivity contribution >= 4 is 17.9 Å². The van der Waals surface area contributed by atoms with Gasteiger partial charge in [0.1, 0.15) is 0 Å². The first kappa shape index (κ1) is 12.4. The molecule has 1 saturated heterocycles. The third kappa shape index (κ3) is 2.30. The highest BCUT2D eigenvalue weighted by atomic mass is 16.4. The van der Waals surface area contributed by atoms with Crippen molar-refractivity contribution in [2.24, 2.45) is 11.8 Å². The Labute approximate surface area is 91.8 Å². The molecule has 0 saturated carbocycles. The van der Waals surface area contributed by atoms with Crippen LogP contribution in [0.2, 0.25) is 0 Å². The standard InChI is InChI=1S/C9H14N2O5/c1-3(7(13)11-9(15)16)6-5(4(2)12)8(14)10-6/h3-6,12H,1-2H3,(H,10,14)(H,11,13)(H,15,16). The molecule has 1 aliphatic rings. The molecule has 16 heavy (non-hydrogen) atoms. The van der Waals surface area contributed by atoms with Gasteiger partial charge < -0.3 is 15.5 Å². The van der Waals surface area contributed by atoms with Gasteiger partial charge in [-0.05, 0) is 6.92 Å². The first-order chi connectivity index (χ1) is 7.34. The molecule has 4 unspecified atom stereocenters. The summed E-state index contributed by atoms with van der Waals surface area (Å²) in [6.45, 7) is 2.95. The normalized spacial score (nSPS) is 27.3. The molecule has 90 valence electrons. The van der Waals surface area contributed by atoms with Crippen molar-refractivity contribution in [1.82, 2.24) is 10.6 Å². The van der Waals surface area contributed by atoms with Crippen LogP contribution in [0.3, 0.4) is 0 Å². The molecule has 0 aromatic rings. The monoisotopic (exact) mass is 230 g/mol. The minimum atomic E-state index is -1.43. The van der Waals surface area contributed by atoms with Crippen LogP contribution >= 0.6 is 0 Å². The molecule has 1 fully saturated rings. The zero-order valence-corrected chi connectivity index (χ0v) is 8.93. The van der Waals surface area contributed by atoms with Gasteiger partial charge in [-0.2, -0.15) is 0 Å². The fraction of sp³-hybridized carbons (Fsp3) is 0.667. The number of carbonyl (C=O) groups is 3. The Morgan fingerprint density at radius 2 is 2.00 bits per heavy atom. The van der Waals surface area contributed by atoms with E-state index in [2.05, 4.69) is 5.32 Å². The number of β-lactam (4-membered cyclic amide) rings is 1. The number of aliphatic hydroxyl groups excluding tert-OH is 1. The van der Waals surface area contributed by atoms with Gasteiger partial charge in [0.2, 0.25) is 11.8 Å². The number of hydrogen-bond donors (Lipinski definition) is 4. The molecule has 0 radical (unpaired) electrons. The Morgan fingerprint density at radius 1 is 1.44 bits per heavy atom. The smallest absolute Gasteiger partial charge is 0.411 e. The third-order valence-corrected chi connectivity index (χ3v) is 2.70. The minimum absolute atomic E-state index is 0.324. The van der Waals surface area contributed by atoms with E-state index < -0.39 is 36.0 Å². The predicted molar refractivity (Wildman–Crippen MR) is 52.4 cm³/mol. The Morgan fingerprint density at radius 3 is 2.38 bits per heavy atom. The van der Waals surface area contributed by atoms with Gasteiger partial charge in [-0.3, -0.25) is 14.9 Å². The highest BCUT2D eigenvalue weighted by molar-refractivity contribution is 5.95. The zero-order valence-electron chi connectivity index (χ0n) is 8.93. The average molecular weight is 230 g/mol. The van der Waals surface area contributed by atoms with Gasteiger partial charge >= 0.3 is 6.09 Å². The summed E-state index contributed by atoms with van der Waals surface area (Å²) in [4.78, 5) is 32.7. The molecule has 0 bridgehead atoms. The van der Waals surface area contributed by atoms with E-state index in [1.54, 1.807) is 5.32 Å². The second-order valence-corrected chi connectivity index (χ2v) is 3.88. The fourth-order valence-corrected chi connectivity index (χ4v) is 1.75. The number of nitrogens with one attached hydrogen (secondary N) is 2. The summed E-state index contributed by atoms with van der Waals surface area (Å²) < 4.78 is 0. The molecule has 0 aliphatic carbocycles. The lowest BCUT2D eigenvalue weighted by molar-refractivity contribution is -0.145. The van der Waals surface area contributed by atoms with Gasteiger partial charge in [0, 0.05) is 0 Å². The van der Waals surface area contributed by atoms with Gasteiger partial charge in [-0.25, -0.2) is 4.79 Å². The lowest BCUT2D eigenvalue weighted by atomic mass is 9.78. The molecule has 0 aromatic heterocycles. The van der Waals surface area contributed by atoms with Crippen molar-refractivity contribution in [2.75, 3.05) is 0 Å². The van der Waals surface area contributed by atoms with Crippen LogP contribution in [0.4, 0.5) is 4.79 Å². The van der Waals surface area contributed by atoms with Crippen LogP contribution in [0.5, 0.6) is 0 Å². The summed E-state index contributed by atoms with van der Waals surface area (Å²) in [5, 5.41) is 21.9. The molecule has 0 spiro atoms. The van der Waals surface area contributed by atoms with Gasteiger partial charge in [0.05, 0.1) is 24.0 Å². The van der Waals surface area contributed by atoms with Crippen molar-refractivity contribution in [3.05, 3.63) is 0 Å². The van der Waals surface area contributed by atoms with E-state index in [9.17, 15) is 19.5 Å². The molecule has 4 atom stereocenters. The SMILES string of the molecule is CC(O)C1C(=O)NC1C(C)C(=O)NC(=O)O. The maximum absolute atomic E-state index is 11.3. The van der Waals surface area contributed by atoms with Crippen LogP contribution in [0.25, 0.3) is 0 Å².